The Bertz CT molecular complexity index is 974. The topological polar surface area (TPSA) is 92.8 Å². The quantitative estimate of drug-likeness (QED) is 0.655. The smallest absolute Gasteiger partial charge is 0.235 e. The first kappa shape index (κ1) is 18.0. The molecule has 1 N–H and O–H groups in total. The molecule has 0 aliphatic rings. The minimum atomic E-state index is -0.198. The van der Waals surface area contributed by atoms with E-state index in [1.807, 2.05) is 41.9 Å². The van der Waals surface area contributed by atoms with Gasteiger partial charge >= 0.3 is 0 Å². The third-order valence-corrected chi connectivity index (χ3v) is 5.40. The molecule has 0 saturated carbocycles. The summed E-state index contributed by atoms with van der Waals surface area (Å²) in [6.45, 7) is 0. The molecule has 132 valence electrons. The summed E-state index contributed by atoms with van der Waals surface area (Å²) in [5, 5.41) is 23.1. The van der Waals surface area contributed by atoms with E-state index in [-0.39, 0.29) is 11.7 Å². The highest BCUT2D eigenvalue weighted by molar-refractivity contribution is 7.99. The molecular formula is C17H15N5O2S2. The largest absolute Gasteiger partial charge is 0.496 e. The lowest BCUT2D eigenvalue weighted by Crippen LogP contribution is -2.14. The van der Waals surface area contributed by atoms with Crippen molar-refractivity contribution in [3.05, 3.63) is 41.3 Å². The standard InChI is InChI=1S/C17H15N5O2S2/c1-22-15(12-5-3-4-6-13(12)24-2)20-21-17(22)26-10-14(23)19-16-11(9-18)7-8-25-16/h3-8H,10H2,1-2H3,(H,19,23). The molecule has 26 heavy (non-hydrogen) atoms. The predicted molar refractivity (Wildman–Crippen MR) is 101 cm³/mol. The van der Waals surface area contributed by atoms with Gasteiger partial charge in [-0.1, -0.05) is 23.9 Å². The van der Waals surface area contributed by atoms with E-state index in [0.717, 1.165) is 5.56 Å². The third kappa shape index (κ3) is 3.71. The summed E-state index contributed by atoms with van der Waals surface area (Å²) in [6.07, 6.45) is 0. The summed E-state index contributed by atoms with van der Waals surface area (Å²) in [5.74, 6) is 1.34. The Balaban J connectivity index is 1.69. The van der Waals surface area contributed by atoms with Crippen molar-refractivity contribution in [2.24, 2.45) is 7.05 Å². The molecule has 1 amide bonds. The highest BCUT2D eigenvalue weighted by Crippen LogP contribution is 2.30. The molecule has 0 radical (unpaired) electrons. The van der Waals surface area contributed by atoms with Crippen molar-refractivity contribution in [1.82, 2.24) is 14.8 Å². The summed E-state index contributed by atoms with van der Waals surface area (Å²) in [5.41, 5.74) is 1.30. The van der Waals surface area contributed by atoms with Gasteiger partial charge in [0.2, 0.25) is 5.91 Å². The SMILES string of the molecule is COc1ccccc1-c1nnc(SCC(=O)Nc2sccc2C#N)n1C. The van der Waals surface area contributed by atoms with Crippen LogP contribution in [0.2, 0.25) is 0 Å². The van der Waals surface area contributed by atoms with E-state index < -0.39 is 0 Å². The number of thioether (sulfide) groups is 1. The van der Waals surface area contributed by atoms with Crippen LogP contribution in [0, 0.1) is 11.3 Å². The summed E-state index contributed by atoms with van der Waals surface area (Å²) >= 11 is 2.60. The van der Waals surface area contributed by atoms with Gasteiger partial charge in [0.1, 0.15) is 16.8 Å². The Hall–Kier alpha value is -2.83. The second-order valence-corrected chi connectivity index (χ2v) is 7.04. The first-order chi connectivity index (χ1) is 12.6. The number of carbonyl (C=O) groups is 1. The molecule has 0 aliphatic heterocycles. The molecule has 0 saturated heterocycles. The van der Waals surface area contributed by atoms with Crippen LogP contribution in [0.15, 0.2) is 40.9 Å². The zero-order chi connectivity index (χ0) is 18.5. The van der Waals surface area contributed by atoms with Crippen LogP contribution in [0.25, 0.3) is 11.4 Å². The zero-order valence-corrected chi connectivity index (χ0v) is 15.7. The molecular weight excluding hydrogens is 370 g/mol. The van der Waals surface area contributed by atoms with E-state index in [2.05, 4.69) is 15.5 Å². The van der Waals surface area contributed by atoms with Gasteiger partial charge in [0.25, 0.3) is 0 Å². The fraction of sp³-hybridized carbons (Fsp3) is 0.176. The van der Waals surface area contributed by atoms with Crippen molar-refractivity contribution in [3.63, 3.8) is 0 Å². The number of rotatable bonds is 6. The molecule has 0 aliphatic carbocycles. The van der Waals surface area contributed by atoms with Crippen LogP contribution in [-0.4, -0.2) is 33.5 Å². The molecule has 3 rings (SSSR count). The Kier molecular flexibility index (Phi) is 5.55. The van der Waals surface area contributed by atoms with E-state index in [4.69, 9.17) is 10.00 Å². The van der Waals surface area contributed by atoms with Crippen LogP contribution in [0.4, 0.5) is 5.00 Å². The van der Waals surface area contributed by atoms with Gasteiger partial charge in [-0.2, -0.15) is 5.26 Å². The maximum Gasteiger partial charge on any atom is 0.235 e. The lowest BCUT2D eigenvalue weighted by molar-refractivity contribution is -0.113. The molecule has 2 aromatic heterocycles. The number of carbonyl (C=O) groups excluding carboxylic acids is 1. The number of nitrogens with one attached hydrogen (secondary N) is 1. The molecule has 1 aromatic carbocycles. The highest BCUT2D eigenvalue weighted by atomic mass is 32.2. The fourth-order valence-electron chi connectivity index (χ4n) is 2.29. The average Bonchev–Trinajstić information content (AvgIpc) is 3.26. The number of benzene rings is 1. The minimum absolute atomic E-state index is 0.167. The summed E-state index contributed by atoms with van der Waals surface area (Å²) in [7, 11) is 3.45. The predicted octanol–water partition coefficient (Wildman–Crippen LogP) is 3.15. The van der Waals surface area contributed by atoms with Crippen molar-refractivity contribution in [1.29, 1.82) is 5.26 Å². The van der Waals surface area contributed by atoms with Crippen LogP contribution in [0.3, 0.4) is 0 Å². The first-order valence-corrected chi connectivity index (χ1v) is 9.43. The van der Waals surface area contributed by atoms with Crippen molar-refractivity contribution in [2.75, 3.05) is 18.2 Å². The zero-order valence-electron chi connectivity index (χ0n) is 14.1. The maximum atomic E-state index is 12.1. The molecule has 7 nitrogen and oxygen atoms in total. The molecule has 9 heteroatoms. The Labute approximate surface area is 158 Å². The lowest BCUT2D eigenvalue weighted by atomic mass is 10.2. The molecule has 0 bridgehead atoms. The number of hydrogen-bond donors (Lipinski definition) is 1. The number of thiophene rings is 1. The van der Waals surface area contributed by atoms with E-state index in [9.17, 15) is 4.79 Å². The van der Waals surface area contributed by atoms with E-state index in [1.54, 1.807) is 18.6 Å². The Morgan fingerprint density at radius 3 is 2.96 bits per heavy atom. The van der Waals surface area contributed by atoms with Crippen LogP contribution in [0.5, 0.6) is 5.75 Å². The maximum absolute atomic E-state index is 12.1. The van der Waals surface area contributed by atoms with Gasteiger partial charge < -0.3 is 14.6 Å². The monoisotopic (exact) mass is 385 g/mol. The number of hydrogen-bond acceptors (Lipinski definition) is 7. The fourth-order valence-corrected chi connectivity index (χ4v) is 3.76. The molecule has 0 unspecified atom stereocenters. The number of aromatic nitrogens is 3. The number of methoxy groups -OCH3 is 1. The number of anilines is 1. The van der Waals surface area contributed by atoms with Crippen LogP contribution in [0.1, 0.15) is 5.56 Å². The summed E-state index contributed by atoms with van der Waals surface area (Å²) in [6, 6.07) is 11.3. The second kappa shape index (κ2) is 8.03. The molecule has 0 spiro atoms. The van der Waals surface area contributed by atoms with Gasteiger partial charge in [-0.15, -0.1) is 21.5 Å². The number of nitriles is 1. The number of nitrogens with zero attached hydrogens (tertiary/aromatic N) is 4. The van der Waals surface area contributed by atoms with Gasteiger partial charge in [-0.25, -0.2) is 0 Å². The second-order valence-electron chi connectivity index (χ2n) is 5.18. The van der Waals surface area contributed by atoms with Crippen LogP contribution >= 0.6 is 23.1 Å². The first-order valence-electron chi connectivity index (χ1n) is 7.57. The van der Waals surface area contributed by atoms with Gasteiger partial charge in [-0.05, 0) is 23.6 Å². The number of para-hydroxylation sites is 1. The summed E-state index contributed by atoms with van der Waals surface area (Å²) in [4.78, 5) is 12.1. The van der Waals surface area contributed by atoms with Gasteiger partial charge in [0, 0.05) is 7.05 Å². The average molecular weight is 385 g/mol. The van der Waals surface area contributed by atoms with E-state index in [1.165, 1.54) is 23.1 Å². The van der Waals surface area contributed by atoms with Crippen molar-refractivity contribution in [3.8, 4) is 23.2 Å². The van der Waals surface area contributed by atoms with Gasteiger partial charge in [0.05, 0.1) is 24.0 Å². The van der Waals surface area contributed by atoms with Gasteiger partial charge in [0.15, 0.2) is 11.0 Å². The minimum Gasteiger partial charge on any atom is -0.496 e. The summed E-state index contributed by atoms with van der Waals surface area (Å²) < 4.78 is 7.19. The molecule has 0 fully saturated rings. The highest BCUT2D eigenvalue weighted by Gasteiger charge is 2.16. The van der Waals surface area contributed by atoms with E-state index >= 15 is 0 Å². The van der Waals surface area contributed by atoms with Crippen molar-refractivity contribution < 1.29 is 9.53 Å². The number of amides is 1. The Morgan fingerprint density at radius 2 is 2.19 bits per heavy atom. The molecule has 2 heterocycles. The Morgan fingerprint density at radius 1 is 1.38 bits per heavy atom. The lowest BCUT2D eigenvalue weighted by Gasteiger charge is -2.08. The van der Waals surface area contributed by atoms with E-state index in [0.29, 0.717) is 27.3 Å². The number of ether oxygens (including phenoxy) is 1. The van der Waals surface area contributed by atoms with Gasteiger partial charge in [-0.3, -0.25) is 4.79 Å². The third-order valence-electron chi connectivity index (χ3n) is 3.55. The van der Waals surface area contributed by atoms with Crippen LogP contribution < -0.4 is 10.1 Å². The van der Waals surface area contributed by atoms with Crippen molar-refractivity contribution in [2.45, 2.75) is 5.16 Å². The van der Waals surface area contributed by atoms with Crippen LogP contribution in [-0.2, 0) is 11.8 Å². The van der Waals surface area contributed by atoms with Crippen molar-refractivity contribution >= 4 is 34.0 Å². The molecule has 3 aromatic rings. The molecule has 0 atom stereocenters. The normalized spacial score (nSPS) is 10.3.